The van der Waals surface area contributed by atoms with Crippen molar-refractivity contribution < 1.29 is 26.0 Å². The molecule has 0 spiro atoms. The molecule has 0 aliphatic heterocycles. The molecule has 33 heavy (non-hydrogen) atoms. The molecule has 3 aromatic carbocycles. The van der Waals surface area contributed by atoms with Crippen molar-refractivity contribution in [1.29, 1.82) is 0 Å². The van der Waals surface area contributed by atoms with Gasteiger partial charge < -0.3 is 5.32 Å². The Morgan fingerprint density at radius 1 is 0.788 bits per heavy atom. The van der Waals surface area contributed by atoms with Gasteiger partial charge in [0, 0.05) is 16.9 Å². The summed E-state index contributed by atoms with van der Waals surface area (Å²) in [6, 6.07) is 13.6. The van der Waals surface area contributed by atoms with Crippen LogP contribution in [0.2, 0.25) is 0 Å². The van der Waals surface area contributed by atoms with Crippen LogP contribution in [-0.4, -0.2) is 29.0 Å². The highest BCUT2D eigenvalue weighted by atomic mass is 32.2. The number of amides is 1. The second-order valence-electron chi connectivity index (χ2n) is 7.45. The second-order valence-corrected chi connectivity index (χ2v) is 10.9. The van der Waals surface area contributed by atoms with Crippen molar-refractivity contribution in [2.24, 2.45) is 0 Å². The van der Waals surface area contributed by atoms with Crippen LogP contribution < -0.4 is 14.8 Å². The SMILES string of the molecule is Cc1ccc(NC(=O)c2cc(S(=O)(=O)Nc3ccc(F)cc3)ccc2C)cc1NS(C)(=O)=O. The summed E-state index contributed by atoms with van der Waals surface area (Å²) >= 11 is 0. The van der Waals surface area contributed by atoms with Gasteiger partial charge in [-0.05, 0) is 73.5 Å². The van der Waals surface area contributed by atoms with Crippen LogP contribution in [0.15, 0.2) is 65.6 Å². The van der Waals surface area contributed by atoms with E-state index in [1.54, 1.807) is 26.0 Å². The zero-order valence-corrected chi connectivity index (χ0v) is 19.6. The first kappa shape index (κ1) is 24.2. The van der Waals surface area contributed by atoms with E-state index >= 15 is 0 Å². The maximum absolute atomic E-state index is 13.1. The molecule has 0 radical (unpaired) electrons. The van der Waals surface area contributed by atoms with Crippen molar-refractivity contribution in [3.8, 4) is 0 Å². The number of carbonyl (C=O) groups is 1. The fourth-order valence-electron chi connectivity index (χ4n) is 2.95. The predicted octanol–water partition coefficient (Wildman–Crippen LogP) is 3.87. The molecule has 0 atom stereocenters. The number of carbonyl (C=O) groups excluding carboxylic acids is 1. The fourth-order valence-corrected chi connectivity index (χ4v) is 4.66. The molecule has 0 aliphatic rings. The fraction of sp³-hybridized carbons (Fsp3) is 0.136. The Kier molecular flexibility index (Phi) is 6.75. The van der Waals surface area contributed by atoms with E-state index in [-0.39, 0.29) is 16.1 Å². The largest absolute Gasteiger partial charge is 0.322 e. The Morgan fingerprint density at radius 2 is 1.39 bits per heavy atom. The molecule has 0 fully saturated rings. The lowest BCUT2D eigenvalue weighted by Gasteiger charge is -2.13. The Morgan fingerprint density at radius 3 is 2.03 bits per heavy atom. The van der Waals surface area contributed by atoms with Crippen molar-refractivity contribution in [1.82, 2.24) is 0 Å². The van der Waals surface area contributed by atoms with Gasteiger partial charge in [-0.15, -0.1) is 0 Å². The van der Waals surface area contributed by atoms with E-state index < -0.39 is 31.8 Å². The second kappa shape index (κ2) is 9.20. The number of anilines is 3. The number of benzene rings is 3. The van der Waals surface area contributed by atoms with Crippen molar-refractivity contribution in [2.75, 3.05) is 21.0 Å². The van der Waals surface area contributed by atoms with Crippen molar-refractivity contribution in [2.45, 2.75) is 18.7 Å². The molecule has 1 amide bonds. The van der Waals surface area contributed by atoms with E-state index in [0.29, 0.717) is 22.5 Å². The standard InChI is InChI=1S/C22H22FN3O5S2/c1-14-5-11-19(33(30,31)25-17-9-6-16(23)7-10-17)13-20(14)22(27)24-18-8-4-15(2)21(12-18)26-32(3,28)29/h4-13,25-26H,1-3H3,(H,24,27). The van der Waals surface area contributed by atoms with Gasteiger partial charge >= 0.3 is 0 Å². The third kappa shape index (κ3) is 6.30. The molecule has 3 aromatic rings. The molecule has 0 saturated carbocycles. The smallest absolute Gasteiger partial charge is 0.261 e. The number of aryl methyl sites for hydroxylation is 2. The molecule has 0 aromatic heterocycles. The summed E-state index contributed by atoms with van der Waals surface area (Å²) in [5.74, 6) is -1.07. The zero-order chi connectivity index (χ0) is 24.4. The Hall–Kier alpha value is -3.44. The molecular formula is C22H22FN3O5S2. The first-order valence-electron chi connectivity index (χ1n) is 9.63. The highest BCUT2D eigenvalue weighted by Crippen LogP contribution is 2.24. The summed E-state index contributed by atoms with van der Waals surface area (Å²) in [4.78, 5) is 12.7. The molecule has 0 bridgehead atoms. The number of sulfonamides is 2. The van der Waals surface area contributed by atoms with Crippen LogP contribution in [-0.2, 0) is 20.0 Å². The van der Waals surface area contributed by atoms with E-state index in [4.69, 9.17) is 0 Å². The van der Waals surface area contributed by atoms with Crippen LogP contribution in [0.5, 0.6) is 0 Å². The molecule has 3 rings (SSSR count). The highest BCUT2D eigenvalue weighted by molar-refractivity contribution is 7.92. The molecule has 174 valence electrons. The molecule has 0 saturated heterocycles. The van der Waals surface area contributed by atoms with Crippen LogP contribution in [0.25, 0.3) is 0 Å². The highest BCUT2D eigenvalue weighted by Gasteiger charge is 2.19. The monoisotopic (exact) mass is 491 g/mol. The number of nitrogens with one attached hydrogen (secondary N) is 3. The number of hydrogen-bond acceptors (Lipinski definition) is 5. The summed E-state index contributed by atoms with van der Waals surface area (Å²) in [7, 11) is -7.54. The minimum Gasteiger partial charge on any atom is -0.322 e. The van der Waals surface area contributed by atoms with Crippen LogP contribution in [0, 0.1) is 19.7 Å². The Labute approximate surface area is 192 Å². The van der Waals surface area contributed by atoms with Gasteiger partial charge in [0.2, 0.25) is 10.0 Å². The Balaban J connectivity index is 1.87. The molecule has 0 heterocycles. The van der Waals surface area contributed by atoms with Crippen molar-refractivity contribution in [3.05, 3.63) is 83.2 Å². The van der Waals surface area contributed by atoms with Gasteiger partial charge in [-0.2, -0.15) is 0 Å². The minimum absolute atomic E-state index is 0.121. The van der Waals surface area contributed by atoms with Gasteiger partial charge in [0.25, 0.3) is 15.9 Å². The van der Waals surface area contributed by atoms with Crippen LogP contribution in [0.4, 0.5) is 21.5 Å². The maximum atomic E-state index is 13.1. The lowest BCUT2D eigenvalue weighted by atomic mass is 10.1. The summed E-state index contributed by atoms with van der Waals surface area (Å²) in [5, 5.41) is 2.66. The summed E-state index contributed by atoms with van der Waals surface area (Å²) in [6.45, 7) is 3.37. The zero-order valence-electron chi connectivity index (χ0n) is 18.0. The number of rotatable bonds is 7. The number of hydrogen-bond donors (Lipinski definition) is 3. The molecule has 0 aliphatic carbocycles. The number of halogens is 1. The summed E-state index contributed by atoms with van der Waals surface area (Å²) in [6.07, 6.45) is 1.02. The molecule has 0 unspecified atom stereocenters. The van der Waals surface area contributed by atoms with Gasteiger partial charge in [0.1, 0.15) is 5.82 Å². The third-order valence-corrected chi connectivity index (χ3v) is 6.62. The normalized spacial score (nSPS) is 11.6. The Bertz CT molecular complexity index is 1420. The average molecular weight is 492 g/mol. The summed E-state index contributed by atoms with van der Waals surface area (Å²) < 4.78 is 66.4. The first-order valence-corrected chi connectivity index (χ1v) is 13.0. The van der Waals surface area contributed by atoms with E-state index in [1.807, 2.05) is 0 Å². The third-order valence-electron chi connectivity index (χ3n) is 4.65. The van der Waals surface area contributed by atoms with Crippen LogP contribution in [0.3, 0.4) is 0 Å². The van der Waals surface area contributed by atoms with Crippen LogP contribution >= 0.6 is 0 Å². The van der Waals surface area contributed by atoms with Gasteiger partial charge in [-0.25, -0.2) is 21.2 Å². The van der Waals surface area contributed by atoms with E-state index in [9.17, 15) is 26.0 Å². The molecular weight excluding hydrogens is 469 g/mol. The van der Waals surface area contributed by atoms with Gasteiger partial charge in [-0.1, -0.05) is 12.1 Å². The average Bonchev–Trinajstić information content (AvgIpc) is 2.71. The first-order chi connectivity index (χ1) is 15.3. The minimum atomic E-state index is -4.03. The molecule has 8 nitrogen and oxygen atoms in total. The maximum Gasteiger partial charge on any atom is 0.261 e. The van der Waals surface area contributed by atoms with Crippen molar-refractivity contribution >= 4 is 43.0 Å². The predicted molar refractivity (Wildman–Crippen MR) is 126 cm³/mol. The van der Waals surface area contributed by atoms with Gasteiger partial charge in [0.15, 0.2) is 0 Å². The van der Waals surface area contributed by atoms with Crippen LogP contribution in [0.1, 0.15) is 21.5 Å². The summed E-state index contributed by atoms with van der Waals surface area (Å²) in [5.41, 5.74) is 2.13. The van der Waals surface area contributed by atoms with Gasteiger partial charge in [0.05, 0.1) is 16.8 Å². The van der Waals surface area contributed by atoms with E-state index in [0.717, 1.165) is 18.4 Å². The van der Waals surface area contributed by atoms with Gasteiger partial charge in [-0.3, -0.25) is 14.2 Å². The van der Waals surface area contributed by atoms with E-state index in [2.05, 4.69) is 14.8 Å². The lowest BCUT2D eigenvalue weighted by molar-refractivity contribution is 0.102. The van der Waals surface area contributed by atoms with Crippen molar-refractivity contribution in [3.63, 3.8) is 0 Å². The topological polar surface area (TPSA) is 121 Å². The lowest BCUT2D eigenvalue weighted by Crippen LogP contribution is -2.17. The molecule has 11 heteroatoms. The quantitative estimate of drug-likeness (QED) is 0.463. The van der Waals surface area contributed by atoms with E-state index in [1.165, 1.54) is 36.4 Å². The molecule has 3 N–H and O–H groups in total.